The van der Waals surface area contributed by atoms with Crippen LogP contribution in [0.15, 0.2) is 30.5 Å². The highest BCUT2D eigenvalue weighted by molar-refractivity contribution is 6.28. The summed E-state index contributed by atoms with van der Waals surface area (Å²) in [7, 11) is 1.72. The molecule has 2 heterocycles. The maximum atomic E-state index is 13.7. The van der Waals surface area contributed by atoms with E-state index in [9.17, 15) is 9.18 Å². The van der Waals surface area contributed by atoms with E-state index in [-0.39, 0.29) is 17.5 Å². The lowest BCUT2D eigenvalue weighted by Crippen LogP contribution is -2.22. The van der Waals surface area contributed by atoms with Crippen molar-refractivity contribution < 1.29 is 19.0 Å². The van der Waals surface area contributed by atoms with E-state index < -0.39 is 11.8 Å². The van der Waals surface area contributed by atoms with Gasteiger partial charge in [0, 0.05) is 30.2 Å². The van der Waals surface area contributed by atoms with E-state index in [0.29, 0.717) is 31.0 Å². The number of hydrogen-bond donors (Lipinski definition) is 2. The molecule has 0 aliphatic heterocycles. The van der Waals surface area contributed by atoms with Crippen LogP contribution in [0, 0.1) is 5.82 Å². The number of anilines is 1. The van der Waals surface area contributed by atoms with E-state index >= 15 is 0 Å². The number of nitrogens with zero attached hydrogens (tertiary/aromatic N) is 3. The van der Waals surface area contributed by atoms with Gasteiger partial charge in [-0.1, -0.05) is 0 Å². The molecule has 2 aromatic heterocycles. The van der Waals surface area contributed by atoms with Gasteiger partial charge in [0.25, 0.3) is 0 Å². The highest BCUT2D eigenvalue weighted by atomic mass is 35.5. The van der Waals surface area contributed by atoms with Crippen LogP contribution in [-0.4, -0.2) is 46.2 Å². The third-order valence-electron chi connectivity index (χ3n) is 3.95. The van der Waals surface area contributed by atoms with Gasteiger partial charge >= 0.3 is 5.97 Å². The second kappa shape index (κ2) is 8.22. The van der Waals surface area contributed by atoms with E-state index in [2.05, 4.69) is 15.0 Å². The highest BCUT2D eigenvalue weighted by Gasteiger charge is 2.11. The number of ether oxygens (including phenoxy) is 1. The average Bonchev–Trinajstić information content (AvgIpc) is 3.01. The number of H-pyrrole nitrogens is 1. The molecule has 0 aliphatic carbocycles. The third kappa shape index (κ3) is 4.85. The topological polar surface area (TPSA) is 91.3 Å². The van der Waals surface area contributed by atoms with Crippen molar-refractivity contribution in [2.75, 3.05) is 25.1 Å². The molecule has 0 radical (unpaired) electrons. The van der Waals surface area contributed by atoms with Gasteiger partial charge in [-0.05, 0) is 42.3 Å². The molecule has 2 N–H and O–H groups in total. The van der Waals surface area contributed by atoms with E-state index in [1.807, 2.05) is 18.2 Å². The number of nitrogens with one attached hydrogen (secondary N) is 1. The molecule has 0 atom stereocenters. The number of aliphatic carboxylic acids is 1. The molecule has 0 saturated heterocycles. The molecule has 0 saturated carbocycles. The largest absolute Gasteiger partial charge is 0.494 e. The van der Waals surface area contributed by atoms with Crippen LogP contribution in [0.25, 0.3) is 10.9 Å². The Hall–Kier alpha value is -2.87. The Bertz CT molecular complexity index is 963. The second-order valence-corrected chi connectivity index (χ2v) is 6.39. The van der Waals surface area contributed by atoms with Crippen molar-refractivity contribution in [3.8, 4) is 5.75 Å². The van der Waals surface area contributed by atoms with Crippen molar-refractivity contribution in [2.45, 2.75) is 12.8 Å². The average molecular weight is 393 g/mol. The molecular weight excluding hydrogens is 375 g/mol. The quantitative estimate of drug-likeness (QED) is 0.451. The molecule has 1 aromatic carbocycles. The smallest absolute Gasteiger partial charge is 0.309 e. The van der Waals surface area contributed by atoms with Gasteiger partial charge < -0.3 is 19.7 Å². The minimum Gasteiger partial charge on any atom is -0.494 e. The van der Waals surface area contributed by atoms with Crippen LogP contribution in [0.4, 0.5) is 10.2 Å². The molecule has 142 valence electrons. The van der Waals surface area contributed by atoms with Gasteiger partial charge in [-0.25, -0.2) is 9.37 Å². The predicted octanol–water partition coefficient (Wildman–Crippen LogP) is 3.28. The summed E-state index contributed by atoms with van der Waals surface area (Å²) in [5.41, 5.74) is 1.50. The molecule has 7 nitrogen and oxygen atoms in total. The fraction of sp³-hybridized carbons (Fsp3) is 0.278. The molecular formula is C18H18ClFN4O3. The third-order valence-corrected chi connectivity index (χ3v) is 4.14. The Morgan fingerprint density at radius 1 is 1.41 bits per heavy atom. The van der Waals surface area contributed by atoms with E-state index in [0.717, 1.165) is 17.1 Å². The fourth-order valence-electron chi connectivity index (χ4n) is 2.72. The molecule has 3 aromatic rings. The molecule has 0 spiro atoms. The first-order chi connectivity index (χ1) is 12.9. The maximum absolute atomic E-state index is 13.7. The number of benzene rings is 1. The zero-order valence-electron chi connectivity index (χ0n) is 14.6. The van der Waals surface area contributed by atoms with Crippen LogP contribution >= 0.6 is 11.6 Å². The molecule has 0 fully saturated rings. The number of carbonyl (C=O) groups is 1. The lowest BCUT2D eigenvalue weighted by Gasteiger charge is -2.18. The van der Waals surface area contributed by atoms with Gasteiger partial charge in [0.1, 0.15) is 5.75 Å². The normalized spacial score (nSPS) is 10.9. The number of halogens is 2. The van der Waals surface area contributed by atoms with E-state index in [1.165, 1.54) is 0 Å². The Morgan fingerprint density at radius 3 is 3.00 bits per heavy atom. The monoisotopic (exact) mass is 392 g/mol. The summed E-state index contributed by atoms with van der Waals surface area (Å²) < 4.78 is 19.5. The molecule has 0 bridgehead atoms. The fourth-order valence-corrected chi connectivity index (χ4v) is 2.85. The summed E-state index contributed by atoms with van der Waals surface area (Å²) in [5, 5.41) is 9.75. The predicted molar refractivity (Wildman–Crippen MR) is 100 cm³/mol. The summed E-state index contributed by atoms with van der Waals surface area (Å²) >= 11 is 5.70. The van der Waals surface area contributed by atoms with Crippen LogP contribution < -0.4 is 9.64 Å². The van der Waals surface area contributed by atoms with Crippen LogP contribution in [0.3, 0.4) is 0 Å². The van der Waals surface area contributed by atoms with Crippen molar-refractivity contribution in [1.29, 1.82) is 0 Å². The summed E-state index contributed by atoms with van der Waals surface area (Å²) in [6.07, 6.45) is 1.64. The lowest BCUT2D eigenvalue weighted by atomic mass is 10.2. The Labute approximate surface area is 159 Å². The molecule has 3 rings (SSSR count). The second-order valence-electron chi connectivity index (χ2n) is 6.05. The van der Waals surface area contributed by atoms with Gasteiger partial charge in [-0.15, -0.1) is 0 Å². The highest BCUT2D eigenvalue weighted by Crippen LogP contribution is 2.22. The van der Waals surface area contributed by atoms with E-state index in [1.54, 1.807) is 18.0 Å². The standard InChI is InChI=1S/C18H18ClFN4O3/c1-24(17-14(20)10-21-18(19)23-17)5-2-6-27-13-3-4-15-11(8-13)7-12(22-15)9-16(25)26/h3-4,7-8,10,22H,2,5-6,9H2,1H3,(H,25,26). The summed E-state index contributed by atoms with van der Waals surface area (Å²) in [5.74, 6) is -0.585. The Morgan fingerprint density at radius 2 is 2.22 bits per heavy atom. The minimum absolute atomic E-state index is 0.00317. The van der Waals surface area contributed by atoms with Gasteiger partial charge in [0.05, 0.1) is 19.2 Å². The lowest BCUT2D eigenvalue weighted by molar-refractivity contribution is -0.136. The number of aromatic amines is 1. The van der Waals surface area contributed by atoms with Crippen LogP contribution in [-0.2, 0) is 11.2 Å². The van der Waals surface area contributed by atoms with Crippen molar-refractivity contribution >= 4 is 34.3 Å². The number of hydrogen-bond acceptors (Lipinski definition) is 5. The molecule has 9 heteroatoms. The molecule has 0 aliphatic rings. The van der Waals surface area contributed by atoms with Crippen molar-refractivity contribution in [3.63, 3.8) is 0 Å². The number of aromatic nitrogens is 3. The summed E-state index contributed by atoms with van der Waals surface area (Å²) in [6, 6.07) is 7.31. The Balaban J connectivity index is 1.54. The van der Waals surface area contributed by atoms with Crippen LogP contribution in [0.2, 0.25) is 5.28 Å². The first-order valence-corrected chi connectivity index (χ1v) is 8.65. The minimum atomic E-state index is -0.886. The van der Waals surface area contributed by atoms with Gasteiger partial charge in [0.2, 0.25) is 5.28 Å². The van der Waals surface area contributed by atoms with Gasteiger partial charge in [0.15, 0.2) is 11.6 Å². The van der Waals surface area contributed by atoms with Crippen molar-refractivity contribution in [3.05, 3.63) is 47.3 Å². The first kappa shape index (κ1) is 18.9. The van der Waals surface area contributed by atoms with Crippen molar-refractivity contribution in [1.82, 2.24) is 15.0 Å². The summed E-state index contributed by atoms with van der Waals surface area (Å²) in [4.78, 5) is 23.0. The number of rotatable bonds is 8. The zero-order chi connectivity index (χ0) is 19.4. The van der Waals surface area contributed by atoms with Gasteiger partial charge in [-0.2, -0.15) is 4.98 Å². The zero-order valence-corrected chi connectivity index (χ0v) is 15.3. The van der Waals surface area contributed by atoms with Crippen molar-refractivity contribution in [2.24, 2.45) is 0 Å². The number of fused-ring (bicyclic) bond motifs is 1. The first-order valence-electron chi connectivity index (χ1n) is 8.28. The van der Waals surface area contributed by atoms with Crippen LogP contribution in [0.1, 0.15) is 12.1 Å². The summed E-state index contributed by atoms with van der Waals surface area (Å²) in [6.45, 7) is 0.960. The molecule has 27 heavy (non-hydrogen) atoms. The Kier molecular flexibility index (Phi) is 5.75. The van der Waals surface area contributed by atoms with E-state index in [4.69, 9.17) is 21.4 Å². The van der Waals surface area contributed by atoms with Crippen LogP contribution in [0.5, 0.6) is 5.75 Å². The number of carboxylic acid groups (broad SMARTS) is 1. The molecule has 0 unspecified atom stereocenters. The SMILES string of the molecule is CN(CCCOc1ccc2[nH]c(CC(=O)O)cc2c1)c1nc(Cl)ncc1F. The molecule has 0 amide bonds. The maximum Gasteiger partial charge on any atom is 0.309 e. The van der Waals surface area contributed by atoms with Gasteiger partial charge in [-0.3, -0.25) is 4.79 Å². The number of carboxylic acids is 1.